The predicted octanol–water partition coefficient (Wildman–Crippen LogP) is 13.2. The van der Waals surface area contributed by atoms with Crippen molar-refractivity contribution in [3.05, 3.63) is 191 Å². The van der Waals surface area contributed by atoms with Crippen LogP contribution in [0.5, 0.6) is 11.5 Å². The van der Waals surface area contributed by atoms with E-state index in [1.165, 1.54) is 24.3 Å². The number of ether oxygens (including phenoxy) is 2. The van der Waals surface area contributed by atoms with E-state index in [0.29, 0.717) is 128 Å². The average Bonchev–Trinajstić information content (AvgIpc) is 1.85. The van der Waals surface area contributed by atoms with Crippen molar-refractivity contribution >= 4 is 56.5 Å². The summed E-state index contributed by atoms with van der Waals surface area (Å²) in [6, 6.07) is 41.7. The number of benzene rings is 7. The van der Waals surface area contributed by atoms with E-state index in [2.05, 4.69) is 56.0 Å². The Kier molecular flexibility index (Phi) is 18.4. The first kappa shape index (κ1) is 61.1. The molecule has 0 saturated carbocycles. The number of H-pyrrole nitrogens is 1. The molecule has 4 heterocycles. The molecule has 1 aliphatic heterocycles. The summed E-state index contributed by atoms with van der Waals surface area (Å²) in [5.41, 5.74) is 8.29. The van der Waals surface area contributed by atoms with Gasteiger partial charge in [-0.25, -0.2) is 8.78 Å². The van der Waals surface area contributed by atoms with Crippen LogP contribution < -0.4 is 30.7 Å². The van der Waals surface area contributed by atoms with Crippen LogP contribution in [0.4, 0.5) is 8.78 Å². The third-order valence-electron chi connectivity index (χ3n) is 16.3. The molecule has 0 spiro atoms. The van der Waals surface area contributed by atoms with Gasteiger partial charge in [0.1, 0.15) is 45.8 Å². The van der Waals surface area contributed by atoms with Crippen LogP contribution in [0.1, 0.15) is 81.1 Å². The second-order valence-electron chi connectivity index (χ2n) is 23.9. The minimum atomic E-state index is -0.405. The highest BCUT2D eigenvalue weighted by Gasteiger charge is 2.28. The zero-order valence-electron chi connectivity index (χ0n) is 50.9. The maximum Gasteiger partial charge on any atom is 0.255 e. The van der Waals surface area contributed by atoms with Gasteiger partial charge in [-0.3, -0.25) is 19.2 Å². The molecule has 17 heteroatoms. The zero-order chi connectivity index (χ0) is 62.3. The Morgan fingerprint density at radius 3 is 1.63 bits per heavy atom. The summed E-state index contributed by atoms with van der Waals surface area (Å²) in [4.78, 5) is 62.8. The molecule has 1 aliphatic rings. The number of hydrogen-bond acceptors (Lipinski definition) is 10. The van der Waals surface area contributed by atoms with Crippen LogP contribution in [-0.4, -0.2) is 118 Å². The van der Waals surface area contributed by atoms with Crippen molar-refractivity contribution in [1.82, 2.24) is 36.1 Å². The van der Waals surface area contributed by atoms with Gasteiger partial charge in [-0.2, -0.15) is 0 Å². The topological polar surface area (TPSA) is 183 Å². The number of fused-ring (bicyclic) bond motifs is 3. The number of rotatable bonds is 23. The SMILES string of the molecule is CNC(=O)c1c(-c2ccc(F)cc2)oc2ccc(-c3cc(C(=O)NCC(C)C)ccc3OCCCN3CCN(CC(C)(C)CNC(=O)c4ccc(OCCc5c[nH]c6ccccc56)c(-c5ccc6oc(-c7ccc(F)cc7)c(C(=O)NC)c6c5)c4)CC3)cc12. The van der Waals surface area contributed by atoms with Gasteiger partial charge in [0.05, 0.1) is 24.3 Å². The predicted molar refractivity (Wildman–Crippen MR) is 345 cm³/mol. The average molecular weight is 1200 g/mol. The fourth-order valence-corrected chi connectivity index (χ4v) is 11.6. The first-order valence-corrected chi connectivity index (χ1v) is 30.2. The number of aromatic amines is 1. The number of amides is 4. The van der Waals surface area contributed by atoms with Crippen molar-refractivity contribution in [2.75, 3.05) is 79.7 Å². The van der Waals surface area contributed by atoms with E-state index in [-0.39, 0.29) is 35.0 Å². The molecule has 458 valence electrons. The third kappa shape index (κ3) is 13.9. The summed E-state index contributed by atoms with van der Waals surface area (Å²) >= 11 is 0. The van der Waals surface area contributed by atoms with Gasteiger partial charge in [0.15, 0.2) is 0 Å². The molecule has 5 N–H and O–H groups in total. The van der Waals surface area contributed by atoms with Crippen LogP contribution in [0.2, 0.25) is 0 Å². The number of furan rings is 2. The normalized spacial score (nSPS) is 13.1. The minimum Gasteiger partial charge on any atom is -0.493 e. The van der Waals surface area contributed by atoms with Crippen LogP contribution in [0.15, 0.2) is 161 Å². The maximum atomic E-state index is 14.2. The van der Waals surface area contributed by atoms with E-state index in [4.69, 9.17) is 18.3 Å². The van der Waals surface area contributed by atoms with E-state index in [1.54, 1.807) is 62.6 Å². The number of carbonyl (C=O) groups is 4. The standard InChI is InChI=1S/C72H73F2N7O8/c1-44(2)40-78-68(82)49-18-24-60(55(38-49)47-16-26-62-57(36-47)64(70(84)75-5)66(88-62)45-12-20-52(73)21-13-45)86-34-9-29-80-30-32-81(33-31-80)43-72(3,4)42-79-69(83)50-19-25-61(87-35-28-51-41-77-59-11-8-7-10-54(51)59)56(39-50)48-17-27-63-58(37-48)65(71(85)76-6)67(89-63)46-14-22-53(74)23-15-46/h7-8,10-27,36-39,41,44,77H,9,28-35,40,42-43H2,1-6H3,(H,75,84)(H,76,85)(H,78,82)(H,79,83). The molecule has 0 unspecified atom stereocenters. The largest absolute Gasteiger partial charge is 0.493 e. The molecule has 3 aromatic heterocycles. The molecule has 4 amide bonds. The lowest BCUT2D eigenvalue weighted by molar-refractivity contribution is 0.0839. The van der Waals surface area contributed by atoms with Gasteiger partial charge < -0.3 is 54.4 Å². The van der Waals surface area contributed by atoms with Gasteiger partial charge >= 0.3 is 0 Å². The second-order valence-corrected chi connectivity index (χ2v) is 23.9. The first-order chi connectivity index (χ1) is 43.0. The van der Waals surface area contributed by atoms with Crippen LogP contribution in [0, 0.1) is 23.0 Å². The van der Waals surface area contributed by atoms with E-state index < -0.39 is 11.6 Å². The lowest BCUT2D eigenvalue weighted by Crippen LogP contribution is -2.51. The Morgan fingerprint density at radius 1 is 0.584 bits per heavy atom. The Morgan fingerprint density at radius 2 is 1.09 bits per heavy atom. The molecule has 7 aromatic carbocycles. The third-order valence-corrected chi connectivity index (χ3v) is 16.3. The van der Waals surface area contributed by atoms with Gasteiger partial charge in [0.2, 0.25) is 0 Å². The van der Waals surface area contributed by atoms with Gasteiger partial charge in [0, 0.05) is 134 Å². The summed E-state index contributed by atoms with van der Waals surface area (Å²) in [5, 5.41) is 13.9. The molecule has 11 rings (SSSR count). The number of nitrogens with zero attached hydrogens (tertiary/aromatic N) is 2. The summed E-state index contributed by atoms with van der Waals surface area (Å²) < 4.78 is 53.5. The van der Waals surface area contributed by atoms with Gasteiger partial charge in [-0.15, -0.1) is 0 Å². The summed E-state index contributed by atoms with van der Waals surface area (Å²) in [5.74, 6) is 0.108. The highest BCUT2D eigenvalue weighted by molar-refractivity contribution is 6.13. The molecule has 0 aliphatic carbocycles. The Balaban J connectivity index is 0.731. The fraction of sp³-hybridized carbons (Fsp3) is 0.278. The number of hydrogen-bond donors (Lipinski definition) is 5. The quantitative estimate of drug-likeness (QED) is 0.0386. The molecule has 10 aromatic rings. The smallest absolute Gasteiger partial charge is 0.255 e. The zero-order valence-corrected chi connectivity index (χ0v) is 50.9. The molecule has 1 fully saturated rings. The number of piperazine rings is 1. The molecule has 15 nitrogen and oxygen atoms in total. The van der Waals surface area contributed by atoms with Crippen molar-refractivity contribution < 1.29 is 46.3 Å². The van der Waals surface area contributed by atoms with Crippen LogP contribution in [0.25, 0.3) is 77.7 Å². The maximum absolute atomic E-state index is 14.2. The Bertz CT molecular complexity index is 4220. The van der Waals surface area contributed by atoms with Gasteiger partial charge in [-0.05, 0) is 150 Å². The number of carbonyl (C=O) groups excluding carboxylic acids is 4. The number of halogens is 2. The highest BCUT2D eigenvalue weighted by atomic mass is 19.1. The van der Waals surface area contributed by atoms with Gasteiger partial charge in [0.25, 0.3) is 23.6 Å². The first-order valence-electron chi connectivity index (χ1n) is 30.2. The minimum absolute atomic E-state index is 0.202. The molecule has 1 saturated heterocycles. The van der Waals surface area contributed by atoms with Crippen LogP contribution in [0.3, 0.4) is 0 Å². The highest BCUT2D eigenvalue weighted by Crippen LogP contribution is 2.41. The molecule has 89 heavy (non-hydrogen) atoms. The number of aromatic nitrogens is 1. The fourth-order valence-electron chi connectivity index (χ4n) is 11.6. The summed E-state index contributed by atoms with van der Waals surface area (Å²) in [7, 11) is 3.10. The summed E-state index contributed by atoms with van der Waals surface area (Å²) in [6.45, 7) is 15.2. The lowest BCUT2D eigenvalue weighted by Gasteiger charge is -2.39. The van der Waals surface area contributed by atoms with Crippen molar-refractivity contribution in [3.8, 4) is 56.4 Å². The second kappa shape index (κ2) is 26.8. The molecular weight excluding hydrogens is 1130 g/mol. The number of para-hydroxylation sites is 1. The molecule has 0 atom stereocenters. The van der Waals surface area contributed by atoms with Crippen molar-refractivity contribution in [3.63, 3.8) is 0 Å². The summed E-state index contributed by atoms with van der Waals surface area (Å²) in [6.07, 6.45) is 3.39. The van der Waals surface area contributed by atoms with Crippen LogP contribution >= 0.6 is 0 Å². The Hall–Kier alpha value is -9.58. The molecule has 0 radical (unpaired) electrons. The van der Waals surface area contributed by atoms with Crippen molar-refractivity contribution in [1.29, 1.82) is 0 Å². The molecular formula is C72H73F2N7O8. The van der Waals surface area contributed by atoms with Crippen molar-refractivity contribution in [2.45, 2.75) is 40.5 Å². The van der Waals surface area contributed by atoms with Gasteiger partial charge in [-0.1, -0.05) is 58.0 Å². The van der Waals surface area contributed by atoms with E-state index in [9.17, 15) is 28.0 Å². The lowest BCUT2D eigenvalue weighted by atomic mass is 9.92. The number of nitrogens with one attached hydrogen (secondary N) is 5. The van der Waals surface area contributed by atoms with E-state index in [0.717, 1.165) is 67.7 Å². The van der Waals surface area contributed by atoms with Crippen LogP contribution in [-0.2, 0) is 6.42 Å². The molecule has 0 bridgehead atoms. The van der Waals surface area contributed by atoms with E-state index in [1.807, 2.05) is 86.8 Å². The van der Waals surface area contributed by atoms with Crippen molar-refractivity contribution in [2.24, 2.45) is 11.3 Å². The monoisotopic (exact) mass is 1200 g/mol. The Labute approximate surface area is 515 Å². The van der Waals surface area contributed by atoms with E-state index >= 15 is 0 Å².